The van der Waals surface area contributed by atoms with Gasteiger partial charge in [0.1, 0.15) is 0 Å². The summed E-state index contributed by atoms with van der Waals surface area (Å²) in [4.78, 5) is 21.8. The van der Waals surface area contributed by atoms with Gasteiger partial charge in [-0.3, -0.25) is 9.59 Å². The summed E-state index contributed by atoms with van der Waals surface area (Å²) in [7, 11) is 0. The Morgan fingerprint density at radius 2 is 2.00 bits per heavy atom. The molecule has 0 spiro atoms. The third-order valence-corrected chi connectivity index (χ3v) is 2.63. The number of carbonyl (C=O) groups excluding carboxylic acids is 1. The van der Waals surface area contributed by atoms with Crippen LogP contribution in [-0.2, 0) is 9.59 Å². The van der Waals surface area contributed by atoms with Crippen LogP contribution < -0.4 is 5.32 Å². The largest absolute Gasteiger partial charge is 0.481 e. The van der Waals surface area contributed by atoms with Crippen LogP contribution in [0.15, 0.2) is 0 Å². The lowest BCUT2D eigenvalue weighted by Gasteiger charge is -2.12. The number of carboxylic acid groups (broad SMARTS) is 1. The number of hydrogen-bond donors (Lipinski definition) is 2. The maximum atomic E-state index is 11.3. The standard InChI is InChI=1S/C10H17NO3/c1-7(10(13)14)6-9(12)11-8-4-2-3-5-8/h7-8H,2-6H2,1H3,(H,11,12)(H,13,14). The van der Waals surface area contributed by atoms with Crippen LogP contribution in [0, 0.1) is 5.92 Å². The van der Waals surface area contributed by atoms with Crippen molar-refractivity contribution in [1.29, 1.82) is 0 Å². The predicted octanol–water partition coefficient (Wildman–Crippen LogP) is 1.16. The van der Waals surface area contributed by atoms with Gasteiger partial charge in [0.25, 0.3) is 0 Å². The molecule has 1 amide bonds. The third kappa shape index (κ3) is 3.36. The molecule has 1 aliphatic carbocycles. The van der Waals surface area contributed by atoms with Crippen molar-refractivity contribution in [2.24, 2.45) is 5.92 Å². The lowest BCUT2D eigenvalue weighted by molar-refractivity contribution is -0.143. The Balaban J connectivity index is 2.24. The Kier molecular flexibility index (Phi) is 3.92. The highest BCUT2D eigenvalue weighted by Crippen LogP contribution is 2.17. The molecule has 1 rings (SSSR count). The van der Waals surface area contributed by atoms with Gasteiger partial charge in [-0.15, -0.1) is 0 Å². The molecule has 0 heterocycles. The first-order valence-electron chi connectivity index (χ1n) is 5.11. The average Bonchev–Trinajstić information content (AvgIpc) is 2.56. The van der Waals surface area contributed by atoms with E-state index in [1.807, 2.05) is 0 Å². The third-order valence-electron chi connectivity index (χ3n) is 2.63. The van der Waals surface area contributed by atoms with Gasteiger partial charge in [0.2, 0.25) is 5.91 Å². The first kappa shape index (κ1) is 11.0. The highest BCUT2D eigenvalue weighted by molar-refractivity contribution is 5.82. The van der Waals surface area contributed by atoms with E-state index in [0.717, 1.165) is 12.8 Å². The fraction of sp³-hybridized carbons (Fsp3) is 0.800. The van der Waals surface area contributed by atoms with Crippen molar-refractivity contribution < 1.29 is 14.7 Å². The maximum Gasteiger partial charge on any atom is 0.306 e. The summed E-state index contributed by atoms with van der Waals surface area (Å²) in [5.41, 5.74) is 0. The molecule has 0 aromatic carbocycles. The van der Waals surface area contributed by atoms with Gasteiger partial charge in [-0.1, -0.05) is 19.8 Å². The fourth-order valence-electron chi connectivity index (χ4n) is 1.72. The zero-order valence-electron chi connectivity index (χ0n) is 8.45. The Bertz CT molecular complexity index is 221. The van der Waals surface area contributed by atoms with E-state index >= 15 is 0 Å². The SMILES string of the molecule is CC(CC(=O)NC1CCCC1)C(=O)O. The number of amides is 1. The lowest BCUT2D eigenvalue weighted by Crippen LogP contribution is -2.34. The molecule has 1 aliphatic rings. The van der Waals surface area contributed by atoms with Crippen molar-refractivity contribution in [3.8, 4) is 0 Å². The summed E-state index contributed by atoms with van der Waals surface area (Å²) in [6.45, 7) is 1.55. The van der Waals surface area contributed by atoms with Crippen molar-refractivity contribution in [2.45, 2.75) is 45.1 Å². The number of hydrogen-bond acceptors (Lipinski definition) is 2. The molecule has 2 N–H and O–H groups in total. The molecule has 1 unspecified atom stereocenters. The van der Waals surface area contributed by atoms with Crippen molar-refractivity contribution in [2.75, 3.05) is 0 Å². The second-order valence-electron chi connectivity index (χ2n) is 3.99. The van der Waals surface area contributed by atoms with Crippen molar-refractivity contribution in [1.82, 2.24) is 5.32 Å². The normalized spacial score (nSPS) is 19.2. The Hall–Kier alpha value is -1.06. The number of nitrogens with one attached hydrogen (secondary N) is 1. The molecule has 4 heteroatoms. The Labute approximate surface area is 83.7 Å². The van der Waals surface area contributed by atoms with E-state index in [-0.39, 0.29) is 18.4 Å². The summed E-state index contributed by atoms with van der Waals surface area (Å²) < 4.78 is 0. The van der Waals surface area contributed by atoms with Gasteiger partial charge in [-0.05, 0) is 12.8 Å². The van der Waals surface area contributed by atoms with Crippen molar-refractivity contribution >= 4 is 11.9 Å². The van der Waals surface area contributed by atoms with Gasteiger partial charge in [0.15, 0.2) is 0 Å². The predicted molar refractivity (Wildman–Crippen MR) is 51.8 cm³/mol. The first-order valence-corrected chi connectivity index (χ1v) is 5.11. The molecule has 1 saturated carbocycles. The van der Waals surface area contributed by atoms with E-state index in [1.54, 1.807) is 6.92 Å². The molecular weight excluding hydrogens is 182 g/mol. The van der Waals surface area contributed by atoms with E-state index in [1.165, 1.54) is 12.8 Å². The van der Waals surface area contributed by atoms with Crippen LogP contribution in [0.5, 0.6) is 0 Å². The first-order chi connectivity index (χ1) is 6.59. The molecule has 4 nitrogen and oxygen atoms in total. The quantitative estimate of drug-likeness (QED) is 0.714. The highest BCUT2D eigenvalue weighted by Gasteiger charge is 2.20. The number of carbonyl (C=O) groups is 2. The number of aliphatic carboxylic acids is 1. The van der Waals surface area contributed by atoms with Crippen LogP contribution in [0.2, 0.25) is 0 Å². The van der Waals surface area contributed by atoms with Gasteiger partial charge in [0.05, 0.1) is 5.92 Å². The minimum absolute atomic E-state index is 0.0891. The minimum Gasteiger partial charge on any atom is -0.481 e. The van der Waals surface area contributed by atoms with E-state index in [2.05, 4.69) is 5.32 Å². The number of carboxylic acids is 1. The monoisotopic (exact) mass is 199 g/mol. The molecule has 1 atom stereocenters. The topological polar surface area (TPSA) is 66.4 Å². The zero-order valence-corrected chi connectivity index (χ0v) is 8.45. The lowest BCUT2D eigenvalue weighted by atomic mass is 10.1. The highest BCUT2D eigenvalue weighted by atomic mass is 16.4. The number of rotatable bonds is 4. The van der Waals surface area contributed by atoms with Crippen molar-refractivity contribution in [3.05, 3.63) is 0 Å². The molecular formula is C10H17NO3. The van der Waals surface area contributed by atoms with Crippen LogP contribution in [0.4, 0.5) is 0 Å². The summed E-state index contributed by atoms with van der Waals surface area (Å²) in [5.74, 6) is -1.63. The zero-order chi connectivity index (χ0) is 10.6. The Morgan fingerprint density at radius 1 is 1.43 bits per heavy atom. The van der Waals surface area contributed by atoms with E-state index in [4.69, 9.17) is 5.11 Å². The summed E-state index contributed by atoms with van der Waals surface area (Å²) >= 11 is 0. The van der Waals surface area contributed by atoms with Gasteiger partial charge in [-0.25, -0.2) is 0 Å². The second-order valence-corrected chi connectivity index (χ2v) is 3.99. The molecule has 0 bridgehead atoms. The molecule has 0 radical (unpaired) electrons. The summed E-state index contributed by atoms with van der Waals surface area (Å²) in [6, 6.07) is 0.281. The Morgan fingerprint density at radius 3 is 2.50 bits per heavy atom. The summed E-state index contributed by atoms with van der Waals surface area (Å²) in [5, 5.41) is 11.5. The van der Waals surface area contributed by atoms with Crippen LogP contribution in [0.1, 0.15) is 39.0 Å². The van der Waals surface area contributed by atoms with Crippen molar-refractivity contribution in [3.63, 3.8) is 0 Å². The van der Waals surface area contributed by atoms with Gasteiger partial charge < -0.3 is 10.4 Å². The second kappa shape index (κ2) is 4.98. The van der Waals surface area contributed by atoms with E-state index in [0.29, 0.717) is 0 Å². The fourth-order valence-corrected chi connectivity index (χ4v) is 1.72. The minimum atomic E-state index is -0.911. The smallest absolute Gasteiger partial charge is 0.306 e. The van der Waals surface area contributed by atoms with E-state index < -0.39 is 11.9 Å². The average molecular weight is 199 g/mol. The van der Waals surface area contributed by atoms with Crippen LogP contribution >= 0.6 is 0 Å². The van der Waals surface area contributed by atoms with Crippen LogP contribution in [0.3, 0.4) is 0 Å². The molecule has 1 fully saturated rings. The van der Waals surface area contributed by atoms with Crippen LogP contribution in [0.25, 0.3) is 0 Å². The molecule has 0 saturated heterocycles. The molecule has 0 aliphatic heterocycles. The van der Waals surface area contributed by atoms with Gasteiger partial charge in [0, 0.05) is 12.5 Å². The maximum absolute atomic E-state index is 11.3. The van der Waals surface area contributed by atoms with Crippen LogP contribution in [-0.4, -0.2) is 23.0 Å². The molecule has 0 aromatic rings. The molecule has 80 valence electrons. The molecule has 0 aromatic heterocycles. The van der Waals surface area contributed by atoms with Gasteiger partial charge >= 0.3 is 5.97 Å². The molecule has 14 heavy (non-hydrogen) atoms. The summed E-state index contributed by atoms with van der Waals surface area (Å²) in [6.07, 6.45) is 4.49. The van der Waals surface area contributed by atoms with Gasteiger partial charge in [-0.2, -0.15) is 0 Å². The van der Waals surface area contributed by atoms with E-state index in [9.17, 15) is 9.59 Å².